The Bertz CT molecular complexity index is 820. The standard InChI is InChI=1S/C22H26N2O4/c23-22(27)17-5-9-21(10-6-17)28-15-20(26)8-7-19(25)14-24-12-11-16-3-1-2-4-18(16)13-24/h1-6,9-10,19,25H,7-8,11-15H2,(H2,23,27). The Morgan fingerprint density at radius 3 is 2.54 bits per heavy atom. The number of ketones is 1. The van der Waals surface area contributed by atoms with E-state index < -0.39 is 12.0 Å². The summed E-state index contributed by atoms with van der Waals surface area (Å²) in [6, 6.07) is 14.7. The van der Waals surface area contributed by atoms with Gasteiger partial charge in [0.15, 0.2) is 5.78 Å². The number of aliphatic hydroxyl groups excluding tert-OH is 1. The molecule has 1 atom stereocenters. The molecule has 1 unspecified atom stereocenters. The van der Waals surface area contributed by atoms with Gasteiger partial charge in [0, 0.05) is 31.6 Å². The second kappa shape index (κ2) is 9.48. The number of fused-ring (bicyclic) bond motifs is 1. The molecule has 148 valence electrons. The average Bonchev–Trinajstić information content (AvgIpc) is 2.71. The van der Waals surface area contributed by atoms with Crippen LogP contribution < -0.4 is 10.5 Å². The molecule has 0 fully saturated rings. The van der Waals surface area contributed by atoms with Crippen molar-refractivity contribution < 1.29 is 19.4 Å². The number of primary amides is 1. The third-order valence-corrected chi connectivity index (χ3v) is 4.97. The molecule has 6 heteroatoms. The molecule has 1 heterocycles. The topological polar surface area (TPSA) is 92.9 Å². The van der Waals surface area contributed by atoms with E-state index in [1.807, 2.05) is 6.07 Å². The average molecular weight is 382 g/mol. The second-order valence-electron chi connectivity index (χ2n) is 7.16. The third kappa shape index (κ3) is 5.65. The molecule has 6 nitrogen and oxygen atoms in total. The third-order valence-electron chi connectivity index (χ3n) is 4.97. The zero-order chi connectivity index (χ0) is 19.9. The highest BCUT2D eigenvalue weighted by Gasteiger charge is 2.19. The van der Waals surface area contributed by atoms with Crippen molar-refractivity contribution in [3.8, 4) is 5.75 Å². The van der Waals surface area contributed by atoms with Gasteiger partial charge >= 0.3 is 0 Å². The van der Waals surface area contributed by atoms with Crippen LogP contribution in [0.4, 0.5) is 0 Å². The smallest absolute Gasteiger partial charge is 0.248 e. The number of benzene rings is 2. The molecule has 3 N–H and O–H groups in total. The van der Waals surface area contributed by atoms with Crippen molar-refractivity contribution in [2.45, 2.75) is 31.9 Å². The van der Waals surface area contributed by atoms with Crippen LogP contribution in [-0.4, -0.2) is 47.5 Å². The number of ether oxygens (including phenoxy) is 1. The van der Waals surface area contributed by atoms with Crippen molar-refractivity contribution in [3.05, 3.63) is 65.2 Å². The zero-order valence-electron chi connectivity index (χ0n) is 15.8. The SMILES string of the molecule is NC(=O)c1ccc(OCC(=O)CCC(O)CN2CCc3ccccc3C2)cc1. The zero-order valence-corrected chi connectivity index (χ0v) is 15.8. The van der Waals surface area contributed by atoms with Crippen LogP contribution in [0.5, 0.6) is 5.75 Å². The van der Waals surface area contributed by atoms with E-state index in [1.165, 1.54) is 11.1 Å². The molecule has 0 aliphatic carbocycles. The van der Waals surface area contributed by atoms with E-state index in [4.69, 9.17) is 10.5 Å². The lowest BCUT2D eigenvalue weighted by atomic mass is 9.99. The number of hydrogen-bond acceptors (Lipinski definition) is 5. The number of carbonyl (C=O) groups is 2. The van der Waals surface area contributed by atoms with E-state index >= 15 is 0 Å². The van der Waals surface area contributed by atoms with Crippen molar-refractivity contribution in [1.82, 2.24) is 4.90 Å². The molecule has 0 saturated heterocycles. The molecule has 2 aromatic carbocycles. The summed E-state index contributed by atoms with van der Waals surface area (Å²) in [6.07, 6.45) is 1.14. The first-order chi connectivity index (χ1) is 13.5. The van der Waals surface area contributed by atoms with Gasteiger partial charge in [0.05, 0.1) is 6.10 Å². The lowest BCUT2D eigenvalue weighted by molar-refractivity contribution is -0.121. The Labute approximate surface area is 164 Å². The number of aliphatic hydroxyl groups is 1. The Balaban J connectivity index is 1.37. The van der Waals surface area contributed by atoms with E-state index in [0.29, 0.717) is 24.3 Å². The normalized spacial score (nSPS) is 14.9. The number of Topliss-reactive ketones (excluding diaryl/α,β-unsaturated/α-hetero) is 1. The first kappa shape index (κ1) is 20.0. The molecule has 3 rings (SSSR count). The van der Waals surface area contributed by atoms with Crippen LogP contribution in [0.15, 0.2) is 48.5 Å². The van der Waals surface area contributed by atoms with E-state index in [-0.39, 0.29) is 18.8 Å². The minimum absolute atomic E-state index is 0.0558. The number of carbonyl (C=O) groups excluding carboxylic acids is 2. The summed E-state index contributed by atoms with van der Waals surface area (Å²) in [4.78, 5) is 25.3. The number of hydrogen-bond donors (Lipinski definition) is 2. The maximum Gasteiger partial charge on any atom is 0.248 e. The molecule has 0 saturated carbocycles. The summed E-state index contributed by atoms with van der Waals surface area (Å²) in [5, 5.41) is 10.3. The van der Waals surface area contributed by atoms with Gasteiger partial charge in [-0.1, -0.05) is 24.3 Å². The van der Waals surface area contributed by atoms with Gasteiger partial charge in [-0.05, 0) is 48.2 Å². The summed E-state index contributed by atoms with van der Waals surface area (Å²) in [7, 11) is 0. The summed E-state index contributed by atoms with van der Waals surface area (Å²) in [5.41, 5.74) is 8.27. The number of rotatable bonds is 9. The fraction of sp³-hybridized carbons (Fsp3) is 0.364. The molecule has 0 aromatic heterocycles. The molecule has 28 heavy (non-hydrogen) atoms. The molecule has 0 radical (unpaired) electrons. The maximum atomic E-state index is 12.0. The van der Waals surface area contributed by atoms with Crippen LogP contribution in [0, 0.1) is 0 Å². The minimum Gasteiger partial charge on any atom is -0.486 e. The quantitative estimate of drug-likeness (QED) is 0.691. The van der Waals surface area contributed by atoms with Gasteiger partial charge in [-0.3, -0.25) is 14.5 Å². The predicted molar refractivity (Wildman–Crippen MR) is 106 cm³/mol. The van der Waals surface area contributed by atoms with Gasteiger partial charge < -0.3 is 15.6 Å². The lowest BCUT2D eigenvalue weighted by Crippen LogP contribution is -2.36. The molecule has 1 aliphatic rings. The van der Waals surface area contributed by atoms with E-state index in [2.05, 4.69) is 23.1 Å². The van der Waals surface area contributed by atoms with Crippen molar-refractivity contribution >= 4 is 11.7 Å². The van der Waals surface area contributed by atoms with E-state index in [1.54, 1.807) is 24.3 Å². The lowest BCUT2D eigenvalue weighted by Gasteiger charge is -2.30. The van der Waals surface area contributed by atoms with Crippen LogP contribution in [-0.2, 0) is 17.8 Å². The van der Waals surface area contributed by atoms with Crippen molar-refractivity contribution in [2.75, 3.05) is 19.7 Å². The van der Waals surface area contributed by atoms with Crippen LogP contribution in [0.1, 0.15) is 34.3 Å². The number of amides is 1. The monoisotopic (exact) mass is 382 g/mol. The van der Waals surface area contributed by atoms with Crippen LogP contribution in [0.2, 0.25) is 0 Å². The fourth-order valence-corrected chi connectivity index (χ4v) is 3.38. The maximum absolute atomic E-state index is 12.0. The first-order valence-electron chi connectivity index (χ1n) is 9.53. The van der Waals surface area contributed by atoms with Crippen LogP contribution in [0.3, 0.4) is 0 Å². The number of nitrogens with two attached hydrogens (primary N) is 1. The van der Waals surface area contributed by atoms with Crippen LogP contribution >= 0.6 is 0 Å². The highest BCUT2D eigenvalue weighted by atomic mass is 16.5. The predicted octanol–water partition coefficient (Wildman–Crippen LogP) is 1.93. The Morgan fingerprint density at radius 1 is 1.11 bits per heavy atom. The van der Waals surface area contributed by atoms with Gasteiger partial charge in [0.1, 0.15) is 12.4 Å². The Kier molecular flexibility index (Phi) is 6.79. The molecule has 1 aliphatic heterocycles. The highest BCUT2D eigenvalue weighted by molar-refractivity contribution is 5.92. The summed E-state index contributed by atoms with van der Waals surface area (Å²) in [6.45, 7) is 2.27. The van der Waals surface area contributed by atoms with Gasteiger partial charge in [0.2, 0.25) is 5.91 Å². The van der Waals surface area contributed by atoms with Gasteiger partial charge in [-0.25, -0.2) is 0 Å². The van der Waals surface area contributed by atoms with Crippen molar-refractivity contribution in [1.29, 1.82) is 0 Å². The number of nitrogens with zero attached hydrogens (tertiary/aromatic N) is 1. The van der Waals surface area contributed by atoms with Gasteiger partial charge in [-0.2, -0.15) is 0 Å². The molecule has 0 spiro atoms. The fourth-order valence-electron chi connectivity index (χ4n) is 3.38. The summed E-state index contributed by atoms with van der Waals surface area (Å²) >= 11 is 0. The summed E-state index contributed by atoms with van der Waals surface area (Å²) < 4.78 is 5.43. The van der Waals surface area contributed by atoms with E-state index in [0.717, 1.165) is 19.5 Å². The molecule has 2 aromatic rings. The molecule has 1 amide bonds. The largest absolute Gasteiger partial charge is 0.486 e. The molecular weight excluding hydrogens is 356 g/mol. The Morgan fingerprint density at radius 2 is 1.82 bits per heavy atom. The minimum atomic E-state index is -0.538. The summed E-state index contributed by atoms with van der Waals surface area (Å²) in [5.74, 6) is -0.0679. The Hall–Kier alpha value is -2.70. The molecular formula is C22H26N2O4. The van der Waals surface area contributed by atoms with Gasteiger partial charge in [-0.15, -0.1) is 0 Å². The first-order valence-corrected chi connectivity index (χ1v) is 9.53. The highest BCUT2D eigenvalue weighted by Crippen LogP contribution is 2.19. The van der Waals surface area contributed by atoms with Crippen molar-refractivity contribution in [2.24, 2.45) is 5.73 Å². The number of β-amino-alcohol motifs (C(OH)–C–C–N with tert-alkyl or cyclic N) is 1. The second-order valence-corrected chi connectivity index (χ2v) is 7.16. The van der Waals surface area contributed by atoms with Gasteiger partial charge in [0.25, 0.3) is 0 Å². The molecule has 0 bridgehead atoms. The van der Waals surface area contributed by atoms with Crippen LogP contribution in [0.25, 0.3) is 0 Å². The van der Waals surface area contributed by atoms with Crippen molar-refractivity contribution in [3.63, 3.8) is 0 Å². The van der Waals surface area contributed by atoms with E-state index in [9.17, 15) is 14.7 Å².